The minimum atomic E-state index is -0.0702. The number of urea groups is 1. The van der Waals surface area contributed by atoms with Gasteiger partial charge in [0.15, 0.2) is 0 Å². The van der Waals surface area contributed by atoms with E-state index in [0.717, 1.165) is 24.6 Å². The molecule has 8 heteroatoms. The highest BCUT2D eigenvalue weighted by Crippen LogP contribution is 2.10. The Morgan fingerprint density at radius 2 is 2.06 bits per heavy atom. The number of anilines is 1. The van der Waals surface area contributed by atoms with Crippen LogP contribution in [0.3, 0.4) is 0 Å². The van der Waals surface area contributed by atoms with Gasteiger partial charge in [-0.2, -0.15) is 23.5 Å². The fourth-order valence-electron chi connectivity index (χ4n) is 1.12. The van der Waals surface area contributed by atoms with Gasteiger partial charge in [0, 0.05) is 36.1 Å². The average molecular weight is 292 g/mol. The SMILES string of the molecule is CSCCN(CCSC)C(=O)Nc1cnns1. The van der Waals surface area contributed by atoms with Crippen LogP contribution in [0.25, 0.3) is 0 Å². The summed E-state index contributed by atoms with van der Waals surface area (Å²) in [4.78, 5) is 13.8. The van der Waals surface area contributed by atoms with E-state index in [1.807, 2.05) is 17.4 Å². The number of aromatic nitrogens is 2. The van der Waals surface area contributed by atoms with Crippen LogP contribution in [0, 0.1) is 0 Å². The zero-order chi connectivity index (χ0) is 12.5. The maximum Gasteiger partial charge on any atom is 0.322 e. The molecule has 0 aliphatic rings. The molecule has 0 saturated carbocycles. The first-order valence-electron chi connectivity index (χ1n) is 5.09. The van der Waals surface area contributed by atoms with Crippen LogP contribution in [-0.2, 0) is 0 Å². The molecule has 96 valence electrons. The van der Waals surface area contributed by atoms with E-state index in [0.29, 0.717) is 5.00 Å². The van der Waals surface area contributed by atoms with Crippen molar-refractivity contribution in [3.8, 4) is 0 Å². The van der Waals surface area contributed by atoms with E-state index in [-0.39, 0.29) is 6.03 Å². The van der Waals surface area contributed by atoms with Crippen molar-refractivity contribution in [2.24, 2.45) is 0 Å². The van der Waals surface area contributed by atoms with Crippen molar-refractivity contribution < 1.29 is 4.79 Å². The Morgan fingerprint density at radius 1 is 1.41 bits per heavy atom. The van der Waals surface area contributed by atoms with E-state index in [1.54, 1.807) is 29.7 Å². The highest BCUT2D eigenvalue weighted by atomic mass is 32.2. The van der Waals surface area contributed by atoms with Crippen LogP contribution in [0.2, 0.25) is 0 Å². The van der Waals surface area contributed by atoms with E-state index >= 15 is 0 Å². The minimum Gasteiger partial charge on any atom is -0.323 e. The Labute approximate surface area is 114 Å². The number of hydrogen-bond donors (Lipinski definition) is 1. The van der Waals surface area contributed by atoms with Crippen LogP contribution in [0.1, 0.15) is 0 Å². The molecule has 1 rings (SSSR count). The maximum absolute atomic E-state index is 12.0. The maximum atomic E-state index is 12.0. The Balaban J connectivity index is 2.46. The normalized spacial score (nSPS) is 10.2. The van der Waals surface area contributed by atoms with Gasteiger partial charge in [-0.25, -0.2) is 4.79 Å². The number of nitrogens with one attached hydrogen (secondary N) is 1. The van der Waals surface area contributed by atoms with Gasteiger partial charge in [-0.3, -0.25) is 5.32 Å². The zero-order valence-electron chi connectivity index (χ0n) is 9.88. The highest BCUT2D eigenvalue weighted by Gasteiger charge is 2.13. The van der Waals surface area contributed by atoms with E-state index in [4.69, 9.17) is 0 Å². The lowest BCUT2D eigenvalue weighted by Gasteiger charge is -2.21. The number of hydrogen-bond acceptors (Lipinski definition) is 6. The van der Waals surface area contributed by atoms with Crippen molar-refractivity contribution in [1.82, 2.24) is 14.5 Å². The molecule has 0 saturated heterocycles. The van der Waals surface area contributed by atoms with Gasteiger partial charge in [0.05, 0.1) is 6.20 Å². The Morgan fingerprint density at radius 3 is 2.53 bits per heavy atom. The summed E-state index contributed by atoms with van der Waals surface area (Å²) in [5.41, 5.74) is 0. The summed E-state index contributed by atoms with van der Waals surface area (Å²) in [6.45, 7) is 1.53. The number of rotatable bonds is 7. The molecule has 0 aliphatic carbocycles. The molecule has 0 atom stereocenters. The second-order valence-corrected chi connectivity index (χ2v) is 5.94. The highest BCUT2D eigenvalue weighted by molar-refractivity contribution is 7.98. The Kier molecular flexibility index (Phi) is 7.38. The van der Waals surface area contributed by atoms with Crippen LogP contribution in [0.5, 0.6) is 0 Å². The van der Waals surface area contributed by atoms with Crippen molar-refractivity contribution >= 4 is 46.1 Å². The lowest BCUT2D eigenvalue weighted by molar-refractivity contribution is 0.218. The number of amides is 2. The van der Waals surface area contributed by atoms with Crippen LogP contribution < -0.4 is 5.32 Å². The number of carbonyl (C=O) groups excluding carboxylic acids is 1. The molecule has 5 nitrogen and oxygen atoms in total. The first kappa shape index (κ1) is 14.6. The summed E-state index contributed by atoms with van der Waals surface area (Å²) in [5.74, 6) is 1.89. The van der Waals surface area contributed by atoms with Gasteiger partial charge < -0.3 is 4.90 Å². The van der Waals surface area contributed by atoms with Gasteiger partial charge in [0.1, 0.15) is 5.00 Å². The second-order valence-electron chi connectivity index (χ2n) is 3.18. The Bertz CT molecular complexity index is 312. The second kappa shape index (κ2) is 8.60. The van der Waals surface area contributed by atoms with Gasteiger partial charge in [0.25, 0.3) is 0 Å². The van der Waals surface area contributed by atoms with Gasteiger partial charge >= 0.3 is 6.03 Å². The molecule has 0 unspecified atom stereocenters. The van der Waals surface area contributed by atoms with Gasteiger partial charge in [-0.1, -0.05) is 4.49 Å². The van der Waals surface area contributed by atoms with E-state index in [2.05, 4.69) is 14.9 Å². The molecular formula is C9H16N4OS3. The van der Waals surface area contributed by atoms with Crippen molar-refractivity contribution in [3.05, 3.63) is 6.20 Å². The predicted molar refractivity (Wildman–Crippen MR) is 77.3 cm³/mol. The first-order chi connectivity index (χ1) is 8.27. The quantitative estimate of drug-likeness (QED) is 0.834. The van der Waals surface area contributed by atoms with E-state index in [1.165, 1.54) is 11.5 Å². The standard InChI is InChI=1S/C9H16N4OS3/c1-15-5-3-13(4-6-16-2)9(14)11-8-7-10-12-17-8/h7H,3-6H2,1-2H3,(H,11,14). The fraction of sp³-hybridized carbons (Fsp3) is 0.667. The van der Waals surface area contributed by atoms with Crippen LogP contribution >= 0.6 is 35.1 Å². The van der Waals surface area contributed by atoms with Crippen LogP contribution in [0.15, 0.2) is 6.20 Å². The van der Waals surface area contributed by atoms with Crippen molar-refractivity contribution in [3.63, 3.8) is 0 Å². The average Bonchev–Trinajstić information content (AvgIpc) is 2.82. The zero-order valence-corrected chi connectivity index (χ0v) is 12.3. The van der Waals surface area contributed by atoms with Gasteiger partial charge in [0.2, 0.25) is 0 Å². The molecular weight excluding hydrogens is 276 g/mol. The molecule has 1 heterocycles. The van der Waals surface area contributed by atoms with Gasteiger partial charge in [-0.15, -0.1) is 5.10 Å². The summed E-state index contributed by atoms with van der Waals surface area (Å²) in [5, 5.41) is 7.18. The van der Waals surface area contributed by atoms with Crippen molar-refractivity contribution in [2.75, 3.05) is 42.4 Å². The van der Waals surface area contributed by atoms with Crippen LogP contribution in [-0.4, -0.2) is 57.6 Å². The Hall–Kier alpha value is -0.470. The molecule has 1 aromatic rings. The third kappa shape index (κ3) is 5.60. The topological polar surface area (TPSA) is 58.1 Å². The molecule has 0 aromatic carbocycles. The molecule has 0 bridgehead atoms. The smallest absolute Gasteiger partial charge is 0.322 e. The third-order valence-electron chi connectivity index (χ3n) is 2.01. The van der Waals surface area contributed by atoms with Gasteiger partial charge in [-0.05, 0) is 12.5 Å². The van der Waals surface area contributed by atoms with Crippen LogP contribution in [0.4, 0.5) is 9.80 Å². The monoisotopic (exact) mass is 292 g/mol. The van der Waals surface area contributed by atoms with Crippen molar-refractivity contribution in [2.45, 2.75) is 0 Å². The van der Waals surface area contributed by atoms with E-state index < -0.39 is 0 Å². The lowest BCUT2D eigenvalue weighted by atomic mass is 10.5. The minimum absolute atomic E-state index is 0.0702. The summed E-state index contributed by atoms with van der Waals surface area (Å²) < 4.78 is 3.71. The third-order valence-corrected chi connectivity index (χ3v) is 3.77. The first-order valence-corrected chi connectivity index (χ1v) is 8.65. The molecule has 0 spiro atoms. The summed E-state index contributed by atoms with van der Waals surface area (Å²) >= 11 is 4.66. The largest absolute Gasteiger partial charge is 0.323 e. The van der Waals surface area contributed by atoms with Crippen molar-refractivity contribution in [1.29, 1.82) is 0 Å². The molecule has 0 fully saturated rings. The molecule has 1 aromatic heterocycles. The molecule has 0 radical (unpaired) electrons. The number of thioether (sulfide) groups is 2. The fourth-order valence-corrected chi connectivity index (χ4v) is 2.34. The van der Waals surface area contributed by atoms with E-state index in [9.17, 15) is 4.79 Å². The predicted octanol–water partition coefficient (Wildman–Crippen LogP) is 2.10. The molecule has 1 N–H and O–H groups in total. The molecule has 0 aliphatic heterocycles. The lowest BCUT2D eigenvalue weighted by Crippen LogP contribution is -2.38. The summed E-state index contributed by atoms with van der Waals surface area (Å²) in [7, 11) is 0. The molecule has 2 amide bonds. The summed E-state index contributed by atoms with van der Waals surface area (Å²) in [6.07, 6.45) is 5.64. The number of carbonyl (C=O) groups is 1. The number of nitrogens with zero attached hydrogens (tertiary/aromatic N) is 3. The summed E-state index contributed by atoms with van der Waals surface area (Å²) in [6, 6.07) is -0.0702. The molecule has 17 heavy (non-hydrogen) atoms.